The summed E-state index contributed by atoms with van der Waals surface area (Å²) >= 11 is 6.88. The van der Waals surface area contributed by atoms with Crippen LogP contribution in [-0.2, 0) is 6.18 Å². The average Bonchev–Trinajstić information content (AvgIpc) is 3.38. The number of aryl methyl sites for hydroxylation is 1. The van der Waals surface area contributed by atoms with E-state index in [2.05, 4.69) is 24.7 Å². The molecule has 0 amide bonds. The third kappa shape index (κ3) is 5.49. The quantitative estimate of drug-likeness (QED) is 0.279. The number of hydrogen-bond acceptors (Lipinski definition) is 9. The van der Waals surface area contributed by atoms with Crippen LogP contribution in [0.5, 0.6) is 11.8 Å². The van der Waals surface area contributed by atoms with E-state index in [-0.39, 0.29) is 71.7 Å². The fraction of sp³-hybridized carbons (Fsp3) is 0.618. The van der Waals surface area contributed by atoms with Crippen LogP contribution < -0.4 is 20.1 Å². The largest absolute Gasteiger partial charge is 0.489 e. The van der Waals surface area contributed by atoms with E-state index in [1.165, 1.54) is 6.92 Å². The number of halogens is 7. The van der Waals surface area contributed by atoms with Gasteiger partial charge in [-0.15, -0.1) is 0 Å². The number of nitrogens with zero attached hydrogens (tertiary/aromatic N) is 6. The highest BCUT2D eigenvalue weighted by Gasteiger charge is 2.50. The lowest BCUT2D eigenvalue weighted by Gasteiger charge is -2.36. The summed E-state index contributed by atoms with van der Waals surface area (Å²) < 4.78 is 101. The van der Waals surface area contributed by atoms with Gasteiger partial charge in [0.1, 0.15) is 36.5 Å². The van der Waals surface area contributed by atoms with Gasteiger partial charge < -0.3 is 20.1 Å². The van der Waals surface area contributed by atoms with E-state index in [1.54, 1.807) is 0 Å². The van der Waals surface area contributed by atoms with Crippen LogP contribution in [0.15, 0.2) is 6.07 Å². The van der Waals surface area contributed by atoms with E-state index < -0.39 is 52.2 Å². The number of piperidine rings is 1. The molecular weight excluding hydrogens is 688 g/mol. The van der Waals surface area contributed by atoms with Crippen LogP contribution in [0.25, 0.3) is 22.2 Å². The second-order valence-corrected chi connectivity index (χ2v) is 14.8. The molecule has 0 radical (unpaired) electrons. The highest BCUT2D eigenvalue weighted by atomic mass is 35.5. The van der Waals surface area contributed by atoms with Gasteiger partial charge in [0.15, 0.2) is 11.6 Å². The van der Waals surface area contributed by atoms with Gasteiger partial charge in [0, 0.05) is 38.6 Å². The summed E-state index contributed by atoms with van der Waals surface area (Å²) in [5, 5.41) is -0.286. The van der Waals surface area contributed by atoms with Crippen molar-refractivity contribution in [3.8, 4) is 23.0 Å². The van der Waals surface area contributed by atoms with Gasteiger partial charge in [-0.1, -0.05) is 11.6 Å². The van der Waals surface area contributed by atoms with Crippen molar-refractivity contribution < 1.29 is 35.8 Å². The van der Waals surface area contributed by atoms with Gasteiger partial charge in [0.05, 0.1) is 45.5 Å². The molecule has 9 nitrogen and oxygen atoms in total. The molecule has 2 N–H and O–H groups in total. The number of alkyl halides is 5. The number of fused-ring (bicyclic) bond motifs is 3. The first-order valence-corrected chi connectivity index (χ1v) is 17.5. The molecule has 2 bridgehead atoms. The summed E-state index contributed by atoms with van der Waals surface area (Å²) in [6.45, 7) is 3.74. The molecule has 9 rings (SSSR count). The number of benzene rings is 1. The van der Waals surface area contributed by atoms with E-state index in [0.717, 1.165) is 31.9 Å². The number of nitrogen functional groups attached to an aromatic ring is 1. The van der Waals surface area contributed by atoms with Gasteiger partial charge in [-0.05, 0) is 63.1 Å². The van der Waals surface area contributed by atoms with E-state index in [9.17, 15) is 22.0 Å². The zero-order valence-electron chi connectivity index (χ0n) is 27.5. The van der Waals surface area contributed by atoms with Crippen LogP contribution in [-0.4, -0.2) is 101 Å². The second kappa shape index (κ2) is 12.4. The summed E-state index contributed by atoms with van der Waals surface area (Å²) in [5.74, 6) is -1.09. The molecule has 5 fully saturated rings. The summed E-state index contributed by atoms with van der Waals surface area (Å²) in [4.78, 5) is 19.7. The zero-order valence-corrected chi connectivity index (χ0v) is 28.3. The van der Waals surface area contributed by atoms with Crippen LogP contribution >= 0.6 is 11.6 Å². The monoisotopic (exact) mass is 725 g/mol. The number of pyridine rings is 1. The van der Waals surface area contributed by atoms with Crippen molar-refractivity contribution in [2.75, 3.05) is 63.2 Å². The first-order chi connectivity index (χ1) is 23.9. The number of ether oxygens (including phenoxy) is 2. The lowest BCUT2D eigenvalue weighted by molar-refractivity contribution is -0.137. The summed E-state index contributed by atoms with van der Waals surface area (Å²) in [6, 6.07) is 0.674. The van der Waals surface area contributed by atoms with Crippen molar-refractivity contribution in [3.05, 3.63) is 28.0 Å². The Morgan fingerprint density at radius 3 is 2.76 bits per heavy atom. The van der Waals surface area contributed by atoms with Crippen molar-refractivity contribution in [1.82, 2.24) is 24.8 Å². The molecule has 5 saturated heterocycles. The van der Waals surface area contributed by atoms with Crippen LogP contribution in [0.4, 0.5) is 38.0 Å². The molecule has 3 aromatic rings. The molecule has 270 valence electrons. The lowest BCUT2D eigenvalue weighted by Crippen LogP contribution is -2.45. The third-order valence-electron chi connectivity index (χ3n) is 11.4. The molecule has 6 aliphatic heterocycles. The first kappa shape index (κ1) is 33.8. The molecule has 6 aliphatic rings. The Labute approximate surface area is 290 Å². The van der Waals surface area contributed by atoms with Gasteiger partial charge in [-0.25, -0.2) is 13.8 Å². The van der Waals surface area contributed by atoms with Gasteiger partial charge in [0.2, 0.25) is 0 Å². The molecule has 0 spiro atoms. The number of rotatable bonds is 7. The standard InChI is InChI=1S/C34H38ClF6N7O2/c1-17-10-22(42)43-28(25(17)34(39,40)41)23-26(35)30-24-29(27(23)38)44-32(50-16-33-6-2-9-47(33)13-19(37)11-33)45-31(24)48-14-20-5-4-18(21(48)15-49-30)12-46(20)8-3-7-36/h10,18-21H,2-9,11-16H2,1H3,(H2,42,43)/t18-,19-,20-,21-,33+/m1/s1. The zero-order chi connectivity index (χ0) is 35.1. The highest BCUT2D eigenvalue weighted by molar-refractivity contribution is 6.36. The van der Waals surface area contributed by atoms with E-state index in [1.807, 2.05) is 0 Å². The van der Waals surface area contributed by atoms with Crippen molar-refractivity contribution in [2.24, 2.45) is 5.92 Å². The maximum Gasteiger partial charge on any atom is 0.418 e. The van der Waals surface area contributed by atoms with E-state index >= 15 is 4.39 Å². The van der Waals surface area contributed by atoms with Crippen molar-refractivity contribution in [2.45, 2.75) is 75.4 Å². The minimum Gasteiger partial charge on any atom is -0.489 e. The number of nitrogens with two attached hydrogens (primary N) is 1. The Morgan fingerprint density at radius 1 is 1.16 bits per heavy atom. The number of anilines is 2. The van der Waals surface area contributed by atoms with Crippen molar-refractivity contribution in [3.63, 3.8) is 0 Å². The fourth-order valence-corrected chi connectivity index (χ4v) is 9.50. The molecule has 50 heavy (non-hydrogen) atoms. The summed E-state index contributed by atoms with van der Waals surface area (Å²) in [6.07, 6.45) is -1.91. The molecule has 0 aliphatic carbocycles. The molecule has 0 saturated carbocycles. The topological polar surface area (TPSA) is 92.9 Å². The van der Waals surface area contributed by atoms with Crippen molar-refractivity contribution >= 4 is 34.1 Å². The summed E-state index contributed by atoms with van der Waals surface area (Å²) in [5.41, 5.74) is 2.17. The molecule has 16 heteroatoms. The maximum atomic E-state index is 17.1. The average molecular weight is 726 g/mol. The molecule has 0 unspecified atom stereocenters. The van der Waals surface area contributed by atoms with Crippen molar-refractivity contribution in [1.29, 1.82) is 0 Å². The van der Waals surface area contributed by atoms with Crippen LogP contribution in [0.2, 0.25) is 5.02 Å². The van der Waals surface area contributed by atoms with Gasteiger partial charge in [0.25, 0.3) is 0 Å². The van der Waals surface area contributed by atoms with E-state index in [4.69, 9.17) is 31.8 Å². The molecule has 2 aromatic heterocycles. The highest BCUT2D eigenvalue weighted by Crippen LogP contribution is 2.52. The van der Waals surface area contributed by atoms with Gasteiger partial charge in [-0.3, -0.25) is 14.2 Å². The Balaban J connectivity index is 1.32. The Kier molecular flexibility index (Phi) is 8.41. The van der Waals surface area contributed by atoms with E-state index in [0.29, 0.717) is 44.8 Å². The SMILES string of the molecule is Cc1cc(N)nc(-c2c(Cl)c3c4c(nc(OC[C@@]56CCCN5C[C@H](F)C6)nc4c2F)N2C[C@H]4CC[C@H](CN4CCCF)[C@H]2CO3)c1C(F)(F)F. The predicted octanol–water partition coefficient (Wildman–Crippen LogP) is 6.37. The van der Waals surface area contributed by atoms with Crippen LogP contribution in [0.1, 0.15) is 49.7 Å². The van der Waals surface area contributed by atoms with Crippen LogP contribution in [0.3, 0.4) is 0 Å². The van der Waals surface area contributed by atoms with Gasteiger partial charge in [-0.2, -0.15) is 23.1 Å². The van der Waals surface area contributed by atoms with Crippen LogP contribution in [0, 0.1) is 18.7 Å². The number of aromatic nitrogens is 3. The maximum absolute atomic E-state index is 17.1. The Morgan fingerprint density at radius 2 is 1.98 bits per heavy atom. The summed E-state index contributed by atoms with van der Waals surface area (Å²) in [7, 11) is 0. The second-order valence-electron chi connectivity index (χ2n) is 14.4. The normalized spacial score (nSPS) is 28.0. The lowest BCUT2D eigenvalue weighted by atomic mass is 9.90. The minimum atomic E-state index is -4.92. The minimum absolute atomic E-state index is 0.0514. The molecular formula is C34H38ClF6N7O2. The first-order valence-electron chi connectivity index (χ1n) is 17.2. The molecule has 1 aromatic carbocycles. The third-order valence-corrected chi connectivity index (χ3v) is 11.7. The predicted molar refractivity (Wildman–Crippen MR) is 176 cm³/mol. The fourth-order valence-electron chi connectivity index (χ4n) is 9.18. The number of hydrogen-bond donors (Lipinski definition) is 1. The Bertz CT molecular complexity index is 1830. The molecule has 5 atom stereocenters. The Hall–Kier alpha value is -3.30. The smallest absolute Gasteiger partial charge is 0.418 e. The molecule has 8 heterocycles. The van der Waals surface area contributed by atoms with Gasteiger partial charge >= 0.3 is 12.2 Å².